The molecule has 1 atom stereocenters. The SMILES string of the molecule is C=CCCC(=O)N1CC2(CN(C)CC2c2ccnc(N3CCOCC3)n2)C1. The number of hydrogen-bond acceptors (Lipinski definition) is 6. The normalized spacial score (nSPS) is 24.9. The average Bonchev–Trinajstić information content (AvgIpc) is 3.03. The summed E-state index contributed by atoms with van der Waals surface area (Å²) in [5.41, 5.74) is 1.23. The summed E-state index contributed by atoms with van der Waals surface area (Å²) in [6, 6.07) is 2.05. The number of likely N-dealkylation sites (N-methyl/N-ethyl adjacent to an activating group) is 1. The number of carbonyl (C=O) groups excluding carboxylic acids is 1. The molecular formula is C20H29N5O2. The van der Waals surface area contributed by atoms with Crippen molar-refractivity contribution in [1.82, 2.24) is 19.8 Å². The highest BCUT2D eigenvalue weighted by Crippen LogP contribution is 2.48. The van der Waals surface area contributed by atoms with Crippen LogP contribution in [0.5, 0.6) is 0 Å². The summed E-state index contributed by atoms with van der Waals surface area (Å²) < 4.78 is 5.44. The number of allylic oxidation sites excluding steroid dienone is 1. The number of anilines is 1. The Morgan fingerprint density at radius 2 is 2.15 bits per heavy atom. The van der Waals surface area contributed by atoms with Gasteiger partial charge in [0.15, 0.2) is 0 Å². The molecule has 1 spiro atoms. The van der Waals surface area contributed by atoms with Gasteiger partial charge in [-0.15, -0.1) is 6.58 Å². The zero-order valence-electron chi connectivity index (χ0n) is 16.1. The molecule has 0 N–H and O–H groups in total. The summed E-state index contributed by atoms with van der Waals surface area (Å²) in [7, 11) is 2.16. The van der Waals surface area contributed by atoms with E-state index in [-0.39, 0.29) is 11.3 Å². The zero-order valence-corrected chi connectivity index (χ0v) is 16.1. The molecule has 3 saturated heterocycles. The highest BCUT2D eigenvalue weighted by atomic mass is 16.5. The van der Waals surface area contributed by atoms with Gasteiger partial charge in [-0.1, -0.05) is 6.08 Å². The van der Waals surface area contributed by atoms with Gasteiger partial charge in [0, 0.05) is 63.2 Å². The monoisotopic (exact) mass is 371 g/mol. The Morgan fingerprint density at radius 1 is 1.37 bits per heavy atom. The third kappa shape index (κ3) is 3.58. The van der Waals surface area contributed by atoms with Gasteiger partial charge in [0.1, 0.15) is 0 Å². The number of aromatic nitrogens is 2. The lowest BCUT2D eigenvalue weighted by Gasteiger charge is -2.51. The van der Waals surface area contributed by atoms with Crippen molar-refractivity contribution in [3.05, 3.63) is 30.6 Å². The summed E-state index contributed by atoms with van der Waals surface area (Å²) in [5, 5.41) is 0. The van der Waals surface area contributed by atoms with Crippen molar-refractivity contribution in [2.75, 3.05) is 64.4 Å². The number of likely N-dealkylation sites (tertiary alicyclic amines) is 2. The van der Waals surface area contributed by atoms with E-state index in [2.05, 4.69) is 34.5 Å². The largest absolute Gasteiger partial charge is 0.378 e. The molecule has 27 heavy (non-hydrogen) atoms. The van der Waals surface area contributed by atoms with Gasteiger partial charge in [0.25, 0.3) is 0 Å². The first kappa shape index (κ1) is 18.4. The van der Waals surface area contributed by atoms with Crippen LogP contribution in [-0.2, 0) is 9.53 Å². The molecule has 0 radical (unpaired) electrons. The molecule has 0 aromatic carbocycles. The second-order valence-corrected chi connectivity index (χ2v) is 8.07. The third-order valence-corrected chi connectivity index (χ3v) is 6.06. The zero-order chi connectivity index (χ0) is 18.9. The van der Waals surface area contributed by atoms with E-state index in [1.165, 1.54) is 0 Å². The highest BCUT2D eigenvalue weighted by Gasteiger charge is 2.55. The lowest BCUT2D eigenvalue weighted by molar-refractivity contribution is -0.143. The van der Waals surface area contributed by atoms with Gasteiger partial charge >= 0.3 is 0 Å². The van der Waals surface area contributed by atoms with Crippen LogP contribution in [0.3, 0.4) is 0 Å². The molecule has 4 rings (SSSR count). The Labute approximate surface area is 161 Å². The van der Waals surface area contributed by atoms with Crippen LogP contribution in [0.25, 0.3) is 0 Å². The molecule has 3 fully saturated rings. The second kappa shape index (κ2) is 7.56. The van der Waals surface area contributed by atoms with Crippen LogP contribution in [0.1, 0.15) is 24.5 Å². The van der Waals surface area contributed by atoms with Crippen molar-refractivity contribution in [3.63, 3.8) is 0 Å². The highest BCUT2D eigenvalue weighted by molar-refractivity contribution is 5.77. The first-order valence-corrected chi connectivity index (χ1v) is 9.84. The Morgan fingerprint density at radius 3 is 2.89 bits per heavy atom. The number of rotatable bonds is 5. The van der Waals surface area contributed by atoms with E-state index in [1.54, 1.807) is 0 Å². The van der Waals surface area contributed by atoms with Crippen LogP contribution < -0.4 is 4.90 Å². The molecule has 7 nitrogen and oxygen atoms in total. The minimum atomic E-state index is 0.120. The van der Waals surface area contributed by atoms with Crippen molar-refractivity contribution in [2.45, 2.75) is 18.8 Å². The van der Waals surface area contributed by atoms with E-state index in [4.69, 9.17) is 9.72 Å². The molecule has 4 heterocycles. The Hall–Kier alpha value is -1.99. The second-order valence-electron chi connectivity index (χ2n) is 8.07. The average molecular weight is 371 g/mol. The number of hydrogen-bond donors (Lipinski definition) is 0. The maximum absolute atomic E-state index is 12.3. The third-order valence-electron chi connectivity index (χ3n) is 6.06. The first-order valence-electron chi connectivity index (χ1n) is 9.84. The number of carbonyl (C=O) groups is 1. The molecule has 0 bridgehead atoms. The van der Waals surface area contributed by atoms with Crippen LogP contribution in [-0.4, -0.2) is 85.2 Å². The summed E-state index contributed by atoms with van der Waals surface area (Å²) in [6.45, 7) is 10.5. The molecule has 7 heteroatoms. The predicted molar refractivity (Wildman–Crippen MR) is 104 cm³/mol. The molecule has 1 unspecified atom stereocenters. The van der Waals surface area contributed by atoms with Gasteiger partial charge < -0.3 is 19.4 Å². The molecule has 1 amide bonds. The molecule has 0 aliphatic carbocycles. The van der Waals surface area contributed by atoms with Crippen LogP contribution in [0.4, 0.5) is 5.95 Å². The van der Waals surface area contributed by atoms with Gasteiger partial charge in [0.2, 0.25) is 11.9 Å². The number of ether oxygens (including phenoxy) is 1. The molecule has 0 saturated carbocycles. The number of morpholine rings is 1. The van der Waals surface area contributed by atoms with Crippen LogP contribution in [0.2, 0.25) is 0 Å². The minimum absolute atomic E-state index is 0.120. The van der Waals surface area contributed by atoms with E-state index in [1.807, 2.05) is 17.2 Å². The van der Waals surface area contributed by atoms with E-state index in [0.717, 1.165) is 70.5 Å². The van der Waals surface area contributed by atoms with Crippen molar-refractivity contribution in [2.24, 2.45) is 5.41 Å². The van der Waals surface area contributed by atoms with Gasteiger partial charge in [-0.05, 0) is 19.5 Å². The van der Waals surface area contributed by atoms with Gasteiger partial charge in [0.05, 0.1) is 18.9 Å². The van der Waals surface area contributed by atoms with E-state index in [0.29, 0.717) is 12.3 Å². The topological polar surface area (TPSA) is 61.8 Å². The maximum atomic E-state index is 12.3. The quantitative estimate of drug-likeness (QED) is 0.724. The minimum Gasteiger partial charge on any atom is -0.378 e. The fourth-order valence-electron chi connectivity index (χ4n) is 4.69. The van der Waals surface area contributed by atoms with Crippen LogP contribution in [0, 0.1) is 5.41 Å². The Balaban J connectivity index is 1.49. The Bertz CT molecular complexity index is 697. The number of amides is 1. The van der Waals surface area contributed by atoms with Gasteiger partial charge in [-0.25, -0.2) is 9.97 Å². The lowest BCUT2D eigenvalue weighted by atomic mass is 9.70. The molecule has 1 aromatic rings. The lowest BCUT2D eigenvalue weighted by Crippen LogP contribution is -2.61. The molecular weight excluding hydrogens is 342 g/mol. The van der Waals surface area contributed by atoms with Crippen LogP contribution in [0.15, 0.2) is 24.9 Å². The van der Waals surface area contributed by atoms with E-state index < -0.39 is 0 Å². The van der Waals surface area contributed by atoms with E-state index in [9.17, 15) is 4.79 Å². The molecule has 146 valence electrons. The van der Waals surface area contributed by atoms with Crippen molar-refractivity contribution in [1.29, 1.82) is 0 Å². The summed E-state index contributed by atoms with van der Waals surface area (Å²) in [5.74, 6) is 1.39. The van der Waals surface area contributed by atoms with E-state index >= 15 is 0 Å². The van der Waals surface area contributed by atoms with Gasteiger partial charge in [-0.3, -0.25) is 4.79 Å². The Kier molecular flexibility index (Phi) is 5.14. The first-order chi connectivity index (χ1) is 13.1. The molecule has 3 aliphatic heterocycles. The standard InChI is InChI=1S/C20H29N5O2/c1-3-4-5-18(26)25-14-20(15-25)13-23(2)12-16(20)17-6-7-21-19(22-17)24-8-10-27-11-9-24/h3,6-7,16H,1,4-5,8-15H2,2H3. The van der Waals surface area contributed by atoms with Crippen molar-refractivity contribution >= 4 is 11.9 Å². The fraction of sp³-hybridized carbons (Fsp3) is 0.650. The van der Waals surface area contributed by atoms with Crippen LogP contribution >= 0.6 is 0 Å². The van der Waals surface area contributed by atoms with Gasteiger partial charge in [-0.2, -0.15) is 0 Å². The molecule has 3 aliphatic rings. The summed E-state index contributed by atoms with van der Waals surface area (Å²) in [6.07, 6.45) is 5.01. The number of nitrogens with zero attached hydrogens (tertiary/aromatic N) is 5. The fourth-order valence-corrected chi connectivity index (χ4v) is 4.69. The van der Waals surface area contributed by atoms with Crippen molar-refractivity contribution < 1.29 is 9.53 Å². The molecule has 1 aromatic heterocycles. The summed E-state index contributed by atoms with van der Waals surface area (Å²) >= 11 is 0. The predicted octanol–water partition coefficient (Wildman–Crippen LogP) is 1.14. The smallest absolute Gasteiger partial charge is 0.225 e. The maximum Gasteiger partial charge on any atom is 0.225 e. The van der Waals surface area contributed by atoms with Crippen molar-refractivity contribution in [3.8, 4) is 0 Å². The summed E-state index contributed by atoms with van der Waals surface area (Å²) in [4.78, 5) is 28.3.